The second-order valence-electron chi connectivity index (χ2n) is 9.03. The maximum absolute atomic E-state index is 12.5. The van der Waals surface area contributed by atoms with Crippen LogP contribution < -0.4 is 10.6 Å². The van der Waals surface area contributed by atoms with Gasteiger partial charge in [-0.2, -0.15) is 0 Å². The van der Waals surface area contributed by atoms with Gasteiger partial charge in [0.2, 0.25) is 5.91 Å². The molecule has 0 bridgehead atoms. The van der Waals surface area contributed by atoms with Gasteiger partial charge < -0.3 is 20.5 Å². The summed E-state index contributed by atoms with van der Waals surface area (Å²) in [6.07, 6.45) is 0.336. The Hall–Kier alpha value is -3.35. The predicted molar refractivity (Wildman–Crippen MR) is 126 cm³/mol. The van der Waals surface area contributed by atoms with Crippen molar-refractivity contribution in [2.45, 2.75) is 45.6 Å². The van der Waals surface area contributed by atoms with E-state index in [0.29, 0.717) is 5.92 Å². The molecule has 2 aromatic carbocycles. The number of rotatable bonds is 10. The van der Waals surface area contributed by atoms with E-state index < -0.39 is 18.1 Å². The number of aliphatic carboxylic acids is 1. The lowest BCUT2D eigenvalue weighted by molar-refractivity contribution is -0.141. The first kappa shape index (κ1) is 24.3. The van der Waals surface area contributed by atoms with Crippen LogP contribution in [0.2, 0.25) is 0 Å². The molecule has 0 radical (unpaired) electrons. The summed E-state index contributed by atoms with van der Waals surface area (Å²) >= 11 is 0. The van der Waals surface area contributed by atoms with Crippen molar-refractivity contribution in [1.82, 2.24) is 10.6 Å². The van der Waals surface area contributed by atoms with Gasteiger partial charge in [0.15, 0.2) is 0 Å². The number of hydrogen-bond donors (Lipinski definition) is 3. The van der Waals surface area contributed by atoms with Crippen molar-refractivity contribution in [3.8, 4) is 11.1 Å². The molecule has 3 rings (SSSR count). The highest BCUT2D eigenvalue weighted by molar-refractivity contribution is 5.83. The minimum absolute atomic E-state index is 0.0158. The second-order valence-corrected chi connectivity index (χ2v) is 9.03. The molecule has 0 spiro atoms. The van der Waals surface area contributed by atoms with Gasteiger partial charge in [-0.05, 0) is 47.4 Å². The second kappa shape index (κ2) is 11.0. The zero-order valence-electron chi connectivity index (χ0n) is 19.3. The fourth-order valence-electron chi connectivity index (χ4n) is 4.41. The van der Waals surface area contributed by atoms with E-state index in [1.54, 1.807) is 0 Å². The predicted octanol–water partition coefficient (Wildman–Crippen LogP) is 4.17. The Balaban J connectivity index is 1.55. The molecular formula is C26H32N2O5. The lowest BCUT2D eigenvalue weighted by atomic mass is 9.93. The van der Waals surface area contributed by atoms with Crippen molar-refractivity contribution in [1.29, 1.82) is 0 Å². The molecule has 1 aliphatic carbocycles. The van der Waals surface area contributed by atoms with E-state index >= 15 is 0 Å². The molecule has 0 saturated carbocycles. The Labute approximate surface area is 194 Å². The highest BCUT2D eigenvalue weighted by Crippen LogP contribution is 2.44. The molecule has 3 N–H and O–H groups in total. The van der Waals surface area contributed by atoms with Gasteiger partial charge in [-0.1, -0.05) is 62.4 Å². The van der Waals surface area contributed by atoms with E-state index in [9.17, 15) is 14.4 Å². The van der Waals surface area contributed by atoms with Crippen LogP contribution in [0.25, 0.3) is 11.1 Å². The van der Waals surface area contributed by atoms with Crippen molar-refractivity contribution in [2.24, 2.45) is 11.8 Å². The molecule has 0 saturated heterocycles. The summed E-state index contributed by atoms with van der Waals surface area (Å²) in [5.41, 5.74) is 4.63. The van der Waals surface area contributed by atoms with Gasteiger partial charge in [0.25, 0.3) is 0 Å². The van der Waals surface area contributed by atoms with Crippen LogP contribution in [0, 0.1) is 11.8 Å². The van der Waals surface area contributed by atoms with Crippen LogP contribution in [0.4, 0.5) is 4.79 Å². The van der Waals surface area contributed by atoms with Crippen LogP contribution in [-0.2, 0) is 14.3 Å². The summed E-state index contributed by atoms with van der Waals surface area (Å²) in [5.74, 6) is -1.24. The first-order valence-corrected chi connectivity index (χ1v) is 11.4. The lowest BCUT2D eigenvalue weighted by Crippen LogP contribution is -2.40. The van der Waals surface area contributed by atoms with Crippen LogP contribution in [0.15, 0.2) is 48.5 Å². The average molecular weight is 453 g/mol. The third kappa shape index (κ3) is 6.34. The monoisotopic (exact) mass is 452 g/mol. The van der Waals surface area contributed by atoms with Crippen LogP contribution in [0.1, 0.15) is 50.7 Å². The summed E-state index contributed by atoms with van der Waals surface area (Å²) in [4.78, 5) is 35.6. The molecule has 2 unspecified atom stereocenters. The van der Waals surface area contributed by atoms with Crippen LogP contribution >= 0.6 is 0 Å². The third-order valence-electron chi connectivity index (χ3n) is 5.91. The quantitative estimate of drug-likeness (QED) is 0.502. The molecule has 2 amide bonds. The van der Waals surface area contributed by atoms with Gasteiger partial charge in [0, 0.05) is 18.9 Å². The number of ether oxygens (including phenoxy) is 1. The van der Waals surface area contributed by atoms with Crippen LogP contribution in [-0.4, -0.2) is 42.3 Å². The molecule has 2 atom stereocenters. The number of nitrogens with one attached hydrogen (secondary N) is 2. The zero-order chi connectivity index (χ0) is 24.0. The number of carboxylic acids is 1. The summed E-state index contributed by atoms with van der Waals surface area (Å²) in [7, 11) is 0. The van der Waals surface area contributed by atoms with E-state index in [1.165, 1.54) is 18.1 Å². The van der Waals surface area contributed by atoms with Crippen molar-refractivity contribution >= 4 is 18.0 Å². The van der Waals surface area contributed by atoms with Gasteiger partial charge in [0.1, 0.15) is 12.6 Å². The number of carboxylic acid groups (broad SMARTS) is 1. The van der Waals surface area contributed by atoms with Crippen molar-refractivity contribution in [3.05, 3.63) is 59.7 Å². The standard InChI is InChI=1S/C26H32N2O5/c1-16(2)12-18(13-24(29)28-17(3)25(30)31)14-27-26(32)33-15-23-21-10-6-4-8-19(21)20-9-5-7-11-22(20)23/h4-11,16-18,23H,12-15H2,1-3H3,(H,27,32)(H,28,29)(H,30,31). The first-order chi connectivity index (χ1) is 15.8. The maximum atomic E-state index is 12.5. The summed E-state index contributed by atoms with van der Waals surface area (Å²) < 4.78 is 5.57. The molecule has 176 valence electrons. The minimum atomic E-state index is -1.08. The molecule has 0 aromatic heterocycles. The van der Waals surface area contributed by atoms with Crippen molar-refractivity contribution < 1.29 is 24.2 Å². The smallest absolute Gasteiger partial charge is 0.407 e. The Morgan fingerprint density at radius 1 is 0.970 bits per heavy atom. The molecule has 2 aromatic rings. The molecule has 33 heavy (non-hydrogen) atoms. The Morgan fingerprint density at radius 2 is 1.55 bits per heavy atom. The number of fused-ring (bicyclic) bond motifs is 3. The van der Waals surface area contributed by atoms with E-state index in [4.69, 9.17) is 9.84 Å². The van der Waals surface area contributed by atoms with E-state index in [2.05, 4.69) is 34.9 Å². The van der Waals surface area contributed by atoms with E-state index in [1.807, 2.05) is 38.1 Å². The molecule has 0 fully saturated rings. The van der Waals surface area contributed by atoms with Gasteiger partial charge in [0.05, 0.1) is 0 Å². The van der Waals surface area contributed by atoms with Crippen molar-refractivity contribution in [2.75, 3.05) is 13.2 Å². The number of alkyl carbamates (subject to hydrolysis) is 1. The molecular weight excluding hydrogens is 420 g/mol. The molecule has 7 nitrogen and oxygen atoms in total. The number of benzene rings is 2. The fourth-order valence-corrected chi connectivity index (χ4v) is 4.41. The van der Waals surface area contributed by atoms with E-state index in [0.717, 1.165) is 17.5 Å². The van der Waals surface area contributed by atoms with E-state index in [-0.39, 0.29) is 37.3 Å². The third-order valence-corrected chi connectivity index (χ3v) is 5.91. The SMILES string of the molecule is CC(C)CC(CNC(=O)OCC1c2ccccc2-c2ccccc21)CC(=O)NC(C)C(=O)O. The summed E-state index contributed by atoms with van der Waals surface area (Å²) in [5, 5.41) is 14.2. The van der Waals surface area contributed by atoms with Crippen LogP contribution in [0.3, 0.4) is 0 Å². The number of hydrogen-bond acceptors (Lipinski definition) is 4. The fraction of sp³-hybridized carbons (Fsp3) is 0.423. The largest absolute Gasteiger partial charge is 0.480 e. The molecule has 0 heterocycles. The van der Waals surface area contributed by atoms with Crippen LogP contribution in [0.5, 0.6) is 0 Å². The van der Waals surface area contributed by atoms with Gasteiger partial charge in [-0.3, -0.25) is 9.59 Å². The molecule has 1 aliphatic rings. The number of carbonyl (C=O) groups excluding carboxylic acids is 2. The minimum Gasteiger partial charge on any atom is -0.480 e. The topological polar surface area (TPSA) is 105 Å². The van der Waals surface area contributed by atoms with Crippen molar-refractivity contribution in [3.63, 3.8) is 0 Å². The number of carbonyl (C=O) groups is 3. The lowest BCUT2D eigenvalue weighted by Gasteiger charge is -2.20. The highest BCUT2D eigenvalue weighted by atomic mass is 16.5. The normalized spacial score (nSPS) is 14.2. The zero-order valence-corrected chi connectivity index (χ0v) is 19.3. The Morgan fingerprint density at radius 3 is 2.09 bits per heavy atom. The van der Waals surface area contributed by atoms with Gasteiger partial charge >= 0.3 is 12.1 Å². The Kier molecular flexibility index (Phi) is 8.09. The summed E-state index contributed by atoms with van der Waals surface area (Å²) in [6.45, 7) is 6.01. The first-order valence-electron chi connectivity index (χ1n) is 11.4. The highest BCUT2D eigenvalue weighted by Gasteiger charge is 2.29. The van der Waals surface area contributed by atoms with Gasteiger partial charge in [-0.15, -0.1) is 0 Å². The molecule has 7 heteroatoms. The van der Waals surface area contributed by atoms with Gasteiger partial charge in [-0.25, -0.2) is 4.79 Å². The average Bonchev–Trinajstić information content (AvgIpc) is 3.09. The maximum Gasteiger partial charge on any atom is 0.407 e. The molecule has 0 aliphatic heterocycles. The summed E-state index contributed by atoms with van der Waals surface area (Å²) in [6, 6.07) is 15.3. The number of amides is 2. The Bertz CT molecular complexity index is 958.